The maximum absolute atomic E-state index is 10.3. The molecule has 5 heteroatoms. The molecule has 1 rings (SSSR count). The molecule has 0 amide bonds. The van der Waals surface area contributed by atoms with Gasteiger partial charge in [0.1, 0.15) is 4.90 Å². The molecule has 1 aromatic rings. The van der Waals surface area contributed by atoms with Crippen LogP contribution in [0, 0.1) is 6.20 Å². The van der Waals surface area contributed by atoms with Crippen molar-refractivity contribution < 1.29 is 13.0 Å². The molecule has 0 unspecified atom stereocenters. The van der Waals surface area contributed by atoms with Gasteiger partial charge in [-0.3, -0.25) is 9.54 Å². The second kappa shape index (κ2) is 2.36. The number of hydrogen-bond acceptors (Lipinski definition) is 3. The highest BCUT2D eigenvalue weighted by molar-refractivity contribution is 7.85. The van der Waals surface area contributed by atoms with Crippen molar-refractivity contribution in [3.63, 3.8) is 0 Å². The first-order valence-corrected chi connectivity index (χ1v) is 3.84. The molecule has 0 bridgehead atoms. The zero-order chi connectivity index (χ0) is 7.61. The third kappa shape index (κ3) is 1.52. The van der Waals surface area contributed by atoms with Crippen LogP contribution >= 0.6 is 0 Å². The average molecular weight is 158 g/mol. The van der Waals surface area contributed by atoms with E-state index in [-0.39, 0.29) is 4.90 Å². The first-order valence-electron chi connectivity index (χ1n) is 2.40. The summed E-state index contributed by atoms with van der Waals surface area (Å²) < 4.78 is 29.1. The Bertz CT molecular complexity index is 305. The summed E-state index contributed by atoms with van der Waals surface area (Å²) in [6.45, 7) is 0. The van der Waals surface area contributed by atoms with Gasteiger partial charge >= 0.3 is 0 Å². The van der Waals surface area contributed by atoms with Gasteiger partial charge in [0.15, 0.2) is 0 Å². The van der Waals surface area contributed by atoms with Crippen molar-refractivity contribution in [1.29, 1.82) is 0 Å². The molecule has 0 spiro atoms. The summed E-state index contributed by atoms with van der Waals surface area (Å²) in [6.07, 6.45) is 3.40. The Hall–Kier alpha value is -0.940. The molecule has 0 atom stereocenters. The quantitative estimate of drug-likeness (QED) is 0.590. The maximum Gasteiger partial charge on any atom is 0.296 e. The minimum atomic E-state index is -4.09. The van der Waals surface area contributed by atoms with Crippen LogP contribution in [0.3, 0.4) is 0 Å². The average Bonchev–Trinajstić information content (AvgIpc) is 1.88. The van der Waals surface area contributed by atoms with E-state index in [1.807, 2.05) is 0 Å². The fraction of sp³-hybridized carbons (Fsp3) is 0. The van der Waals surface area contributed by atoms with Gasteiger partial charge in [-0.25, -0.2) is 0 Å². The third-order valence-corrected chi connectivity index (χ3v) is 1.72. The topological polar surface area (TPSA) is 67.3 Å². The zero-order valence-electron chi connectivity index (χ0n) is 4.85. The molecule has 1 N–H and O–H groups in total. The van der Waals surface area contributed by atoms with Crippen LogP contribution in [-0.4, -0.2) is 18.0 Å². The summed E-state index contributed by atoms with van der Waals surface area (Å²) >= 11 is 0. The van der Waals surface area contributed by atoms with Gasteiger partial charge in [0.2, 0.25) is 0 Å². The Morgan fingerprint density at radius 2 is 2.30 bits per heavy atom. The Morgan fingerprint density at radius 3 is 2.60 bits per heavy atom. The molecular formula is C5H4NO3S. The van der Waals surface area contributed by atoms with Crippen molar-refractivity contribution in [3.05, 3.63) is 24.5 Å². The lowest BCUT2D eigenvalue weighted by molar-refractivity contribution is 0.483. The maximum atomic E-state index is 10.3. The highest BCUT2D eigenvalue weighted by Crippen LogP contribution is 2.02. The van der Waals surface area contributed by atoms with Crippen LogP contribution in [0.25, 0.3) is 0 Å². The van der Waals surface area contributed by atoms with Gasteiger partial charge in [0, 0.05) is 6.20 Å². The van der Waals surface area contributed by atoms with Crippen molar-refractivity contribution in [2.24, 2.45) is 0 Å². The van der Waals surface area contributed by atoms with E-state index in [0.29, 0.717) is 0 Å². The monoisotopic (exact) mass is 158 g/mol. The van der Waals surface area contributed by atoms with Crippen LogP contribution in [-0.2, 0) is 10.1 Å². The molecule has 0 aliphatic heterocycles. The van der Waals surface area contributed by atoms with Gasteiger partial charge in [-0.1, -0.05) is 0 Å². The Morgan fingerprint density at radius 1 is 1.60 bits per heavy atom. The van der Waals surface area contributed by atoms with E-state index in [1.54, 1.807) is 0 Å². The highest BCUT2D eigenvalue weighted by Gasteiger charge is 2.06. The Labute approximate surface area is 58.3 Å². The normalized spacial score (nSPS) is 11.3. The minimum Gasteiger partial charge on any atom is -0.282 e. The van der Waals surface area contributed by atoms with E-state index in [1.165, 1.54) is 12.1 Å². The molecule has 0 saturated heterocycles. The number of aromatic nitrogens is 1. The van der Waals surface area contributed by atoms with Crippen LogP contribution in [0.5, 0.6) is 0 Å². The van der Waals surface area contributed by atoms with Gasteiger partial charge in [0.25, 0.3) is 10.1 Å². The lowest BCUT2D eigenvalue weighted by Gasteiger charge is -1.91. The van der Waals surface area contributed by atoms with E-state index in [0.717, 1.165) is 6.20 Å². The molecule has 1 radical (unpaired) electrons. The molecule has 0 saturated carbocycles. The van der Waals surface area contributed by atoms with E-state index in [4.69, 9.17) is 4.55 Å². The summed E-state index contributed by atoms with van der Waals surface area (Å²) in [5.74, 6) is 0. The van der Waals surface area contributed by atoms with Crippen molar-refractivity contribution in [1.82, 2.24) is 4.98 Å². The Balaban J connectivity index is 3.22. The number of rotatable bonds is 1. The van der Waals surface area contributed by atoms with Crippen molar-refractivity contribution in [2.75, 3.05) is 0 Å². The molecule has 0 aromatic carbocycles. The molecular weight excluding hydrogens is 154 g/mol. The smallest absolute Gasteiger partial charge is 0.282 e. The predicted molar refractivity (Wildman–Crippen MR) is 32.9 cm³/mol. The van der Waals surface area contributed by atoms with Gasteiger partial charge in [-0.2, -0.15) is 8.42 Å². The predicted octanol–water partition coefficient (Wildman–Crippen LogP) is 0.128. The van der Waals surface area contributed by atoms with Crippen LogP contribution in [0.15, 0.2) is 23.2 Å². The first kappa shape index (κ1) is 7.17. The second-order valence-corrected chi connectivity index (χ2v) is 3.02. The molecule has 53 valence electrons. The van der Waals surface area contributed by atoms with Crippen molar-refractivity contribution in [3.8, 4) is 0 Å². The van der Waals surface area contributed by atoms with Crippen LogP contribution in [0.4, 0.5) is 0 Å². The van der Waals surface area contributed by atoms with Gasteiger partial charge in [0.05, 0.1) is 6.20 Å². The number of nitrogens with zero attached hydrogens (tertiary/aromatic N) is 1. The lowest BCUT2D eigenvalue weighted by Crippen LogP contribution is -1.97. The zero-order valence-corrected chi connectivity index (χ0v) is 5.67. The largest absolute Gasteiger partial charge is 0.296 e. The van der Waals surface area contributed by atoms with Gasteiger partial charge < -0.3 is 0 Å². The van der Waals surface area contributed by atoms with E-state index in [2.05, 4.69) is 11.2 Å². The molecule has 0 aliphatic carbocycles. The summed E-state index contributed by atoms with van der Waals surface area (Å²) in [5, 5.41) is 0. The number of pyridine rings is 1. The number of hydrogen-bond donors (Lipinski definition) is 1. The standard InChI is InChI=1S/C5H4NO3S/c7-10(8,9)5-2-1-3-6-4-5/h1-2,4H,(H,7,8,9). The highest BCUT2D eigenvalue weighted by atomic mass is 32.2. The summed E-state index contributed by atoms with van der Waals surface area (Å²) in [7, 11) is -4.09. The molecule has 0 aliphatic rings. The van der Waals surface area contributed by atoms with E-state index < -0.39 is 10.1 Å². The summed E-state index contributed by atoms with van der Waals surface area (Å²) in [5.41, 5.74) is 0. The fourth-order valence-electron chi connectivity index (χ4n) is 0.459. The molecule has 1 aromatic heterocycles. The van der Waals surface area contributed by atoms with Crippen molar-refractivity contribution >= 4 is 10.1 Å². The fourth-order valence-corrected chi connectivity index (χ4v) is 0.885. The molecule has 0 fully saturated rings. The Kier molecular flexibility index (Phi) is 1.69. The van der Waals surface area contributed by atoms with E-state index >= 15 is 0 Å². The lowest BCUT2D eigenvalue weighted by atomic mass is 10.5. The van der Waals surface area contributed by atoms with Crippen LogP contribution in [0.1, 0.15) is 0 Å². The van der Waals surface area contributed by atoms with E-state index in [9.17, 15) is 8.42 Å². The molecule has 10 heavy (non-hydrogen) atoms. The minimum absolute atomic E-state index is 0.216. The first-order chi connectivity index (χ1) is 4.61. The van der Waals surface area contributed by atoms with Crippen LogP contribution in [0.2, 0.25) is 0 Å². The second-order valence-electron chi connectivity index (χ2n) is 1.60. The van der Waals surface area contributed by atoms with Crippen molar-refractivity contribution in [2.45, 2.75) is 4.90 Å². The van der Waals surface area contributed by atoms with Gasteiger partial charge in [-0.15, -0.1) is 0 Å². The summed E-state index contributed by atoms with van der Waals surface area (Å²) in [6, 6.07) is 2.52. The SMILES string of the molecule is O=S(=O)(O)c1cc[c]nc1. The molecule has 4 nitrogen and oxygen atoms in total. The molecule has 1 heterocycles. The summed E-state index contributed by atoms with van der Waals surface area (Å²) in [4.78, 5) is 3.17. The van der Waals surface area contributed by atoms with Crippen LogP contribution < -0.4 is 0 Å². The van der Waals surface area contributed by atoms with Gasteiger partial charge in [-0.05, 0) is 12.1 Å². The third-order valence-electron chi connectivity index (χ3n) is 0.886.